The van der Waals surface area contributed by atoms with Crippen LogP contribution in [0.4, 0.5) is 5.69 Å². The molecular weight excluding hydrogens is 260 g/mol. The highest BCUT2D eigenvalue weighted by Gasteiger charge is 2.32. The third-order valence-electron chi connectivity index (χ3n) is 4.92. The summed E-state index contributed by atoms with van der Waals surface area (Å²) in [4.78, 5) is 12.7. The van der Waals surface area contributed by atoms with Crippen molar-refractivity contribution in [3.63, 3.8) is 0 Å². The topological polar surface area (TPSA) is 55.1 Å². The summed E-state index contributed by atoms with van der Waals surface area (Å²) in [6, 6.07) is 7.86. The number of hydrogen-bond acceptors (Lipinski definition) is 2. The molecule has 1 aromatic carbocycles. The van der Waals surface area contributed by atoms with Crippen LogP contribution in [0.5, 0.6) is 0 Å². The van der Waals surface area contributed by atoms with E-state index in [0.717, 1.165) is 11.3 Å². The van der Waals surface area contributed by atoms with Gasteiger partial charge in [-0.25, -0.2) is 0 Å². The molecule has 1 saturated carbocycles. The van der Waals surface area contributed by atoms with Crippen LogP contribution in [0.3, 0.4) is 0 Å². The van der Waals surface area contributed by atoms with E-state index in [-0.39, 0.29) is 11.9 Å². The Morgan fingerprint density at radius 2 is 1.76 bits per heavy atom. The van der Waals surface area contributed by atoms with Crippen LogP contribution in [0.25, 0.3) is 0 Å². The summed E-state index contributed by atoms with van der Waals surface area (Å²) in [5.41, 5.74) is 6.92. The van der Waals surface area contributed by atoms with E-state index in [0.29, 0.717) is 5.92 Å². The number of carbonyl (C=O) groups excluding carboxylic acids is 1. The van der Waals surface area contributed by atoms with Crippen molar-refractivity contribution in [3.05, 3.63) is 29.8 Å². The molecule has 0 aliphatic heterocycles. The molecule has 3 nitrogen and oxygen atoms in total. The summed E-state index contributed by atoms with van der Waals surface area (Å²) in [5, 5.41) is 3.23. The van der Waals surface area contributed by atoms with Gasteiger partial charge < -0.3 is 11.1 Å². The van der Waals surface area contributed by atoms with Crippen molar-refractivity contribution >= 4 is 11.6 Å². The van der Waals surface area contributed by atoms with Gasteiger partial charge in [0.15, 0.2) is 0 Å². The Kier molecular flexibility index (Phi) is 4.92. The normalized spacial score (nSPS) is 18.2. The second kappa shape index (κ2) is 6.50. The zero-order valence-corrected chi connectivity index (χ0v) is 13.5. The molecule has 0 bridgehead atoms. The standard InChI is InChI=1S/C18H28N2O/c1-13(14-7-5-4-6-8-14)20-17(21)18(2,3)15-9-11-16(19)12-10-15/h9-14H,4-8,19H2,1-3H3,(H,20,21)/t13-/m0/s1. The lowest BCUT2D eigenvalue weighted by Crippen LogP contribution is -2.47. The summed E-state index contributed by atoms with van der Waals surface area (Å²) < 4.78 is 0. The Labute approximate surface area is 128 Å². The van der Waals surface area contributed by atoms with Crippen LogP contribution in [0, 0.1) is 5.92 Å². The number of carbonyl (C=O) groups is 1. The molecule has 0 spiro atoms. The van der Waals surface area contributed by atoms with E-state index in [1.54, 1.807) is 0 Å². The first-order chi connectivity index (χ1) is 9.91. The fourth-order valence-corrected chi connectivity index (χ4v) is 3.17. The molecule has 1 aromatic rings. The van der Waals surface area contributed by atoms with Gasteiger partial charge in [-0.05, 0) is 57.2 Å². The minimum atomic E-state index is -0.531. The molecule has 21 heavy (non-hydrogen) atoms. The van der Waals surface area contributed by atoms with Gasteiger partial charge in [0.05, 0.1) is 5.41 Å². The lowest BCUT2D eigenvalue weighted by Gasteiger charge is -2.32. The van der Waals surface area contributed by atoms with Crippen LogP contribution >= 0.6 is 0 Å². The predicted octanol–water partition coefficient (Wildman–Crippen LogP) is 3.63. The maximum Gasteiger partial charge on any atom is 0.230 e. The van der Waals surface area contributed by atoms with E-state index in [1.807, 2.05) is 38.1 Å². The van der Waals surface area contributed by atoms with Gasteiger partial charge in [-0.15, -0.1) is 0 Å². The summed E-state index contributed by atoms with van der Waals surface area (Å²) in [6.45, 7) is 6.09. The average molecular weight is 288 g/mol. The van der Waals surface area contributed by atoms with E-state index in [1.165, 1.54) is 32.1 Å². The van der Waals surface area contributed by atoms with Gasteiger partial charge in [0.2, 0.25) is 5.91 Å². The van der Waals surface area contributed by atoms with Gasteiger partial charge in [0.25, 0.3) is 0 Å². The van der Waals surface area contributed by atoms with E-state index >= 15 is 0 Å². The van der Waals surface area contributed by atoms with Gasteiger partial charge in [-0.3, -0.25) is 4.79 Å². The fraction of sp³-hybridized carbons (Fsp3) is 0.611. The number of hydrogen-bond donors (Lipinski definition) is 2. The van der Waals surface area contributed by atoms with Crippen LogP contribution in [-0.4, -0.2) is 11.9 Å². The zero-order chi connectivity index (χ0) is 15.5. The summed E-state index contributed by atoms with van der Waals surface area (Å²) in [7, 11) is 0. The monoisotopic (exact) mass is 288 g/mol. The zero-order valence-electron chi connectivity index (χ0n) is 13.5. The first-order valence-electron chi connectivity index (χ1n) is 8.08. The van der Waals surface area contributed by atoms with Crippen molar-refractivity contribution in [1.82, 2.24) is 5.32 Å². The molecule has 3 heteroatoms. The molecule has 2 rings (SSSR count). The summed E-state index contributed by atoms with van der Waals surface area (Å²) >= 11 is 0. The molecule has 3 N–H and O–H groups in total. The second-order valence-corrected chi connectivity index (χ2v) is 6.91. The largest absolute Gasteiger partial charge is 0.399 e. The summed E-state index contributed by atoms with van der Waals surface area (Å²) in [6.07, 6.45) is 6.42. The third kappa shape index (κ3) is 3.78. The van der Waals surface area contributed by atoms with Crippen LogP contribution in [0.15, 0.2) is 24.3 Å². The first kappa shape index (κ1) is 15.9. The van der Waals surface area contributed by atoms with E-state index in [9.17, 15) is 4.79 Å². The second-order valence-electron chi connectivity index (χ2n) is 6.91. The smallest absolute Gasteiger partial charge is 0.230 e. The highest BCUT2D eigenvalue weighted by molar-refractivity contribution is 5.87. The molecule has 1 atom stereocenters. The van der Waals surface area contributed by atoms with Crippen molar-refractivity contribution in [2.45, 2.75) is 64.3 Å². The molecule has 1 aliphatic carbocycles. The van der Waals surface area contributed by atoms with Gasteiger partial charge in [-0.1, -0.05) is 31.4 Å². The molecule has 0 heterocycles. The minimum Gasteiger partial charge on any atom is -0.399 e. The Bertz CT molecular complexity index is 472. The van der Waals surface area contributed by atoms with Crippen molar-refractivity contribution in [3.8, 4) is 0 Å². The number of rotatable bonds is 4. The van der Waals surface area contributed by atoms with Gasteiger partial charge in [-0.2, -0.15) is 0 Å². The predicted molar refractivity (Wildman–Crippen MR) is 88.1 cm³/mol. The van der Waals surface area contributed by atoms with Gasteiger partial charge in [0.1, 0.15) is 0 Å². The summed E-state index contributed by atoms with van der Waals surface area (Å²) in [5.74, 6) is 0.732. The lowest BCUT2D eigenvalue weighted by atomic mass is 9.81. The number of anilines is 1. The highest BCUT2D eigenvalue weighted by atomic mass is 16.2. The molecule has 1 fully saturated rings. The van der Waals surface area contributed by atoms with Gasteiger partial charge >= 0.3 is 0 Å². The molecule has 0 unspecified atom stereocenters. The quantitative estimate of drug-likeness (QED) is 0.831. The Morgan fingerprint density at radius 3 is 2.33 bits per heavy atom. The Hall–Kier alpha value is -1.51. The number of benzene rings is 1. The van der Waals surface area contributed by atoms with Crippen LogP contribution in [0.2, 0.25) is 0 Å². The third-order valence-corrected chi connectivity index (χ3v) is 4.92. The first-order valence-corrected chi connectivity index (χ1v) is 8.08. The Morgan fingerprint density at radius 1 is 1.19 bits per heavy atom. The molecule has 1 aliphatic rings. The molecule has 0 saturated heterocycles. The number of nitrogen functional groups attached to an aromatic ring is 1. The number of nitrogens with two attached hydrogens (primary N) is 1. The van der Waals surface area contributed by atoms with E-state index < -0.39 is 5.41 Å². The SMILES string of the molecule is C[C@H](NC(=O)C(C)(C)c1ccc(N)cc1)C1CCCCC1. The lowest BCUT2D eigenvalue weighted by molar-refractivity contribution is -0.126. The fourth-order valence-electron chi connectivity index (χ4n) is 3.17. The van der Waals surface area contributed by atoms with Crippen LogP contribution in [0.1, 0.15) is 58.4 Å². The van der Waals surface area contributed by atoms with Gasteiger partial charge in [0, 0.05) is 11.7 Å². The number of nitrogens with one attached hydrogen (secondary N) is 1. The van der Waals surface area contributed by atoms with Crippen molar-refractivity contribution in [2.75, 3.05) is 5.73 Å². The van der Waals surface area contributed by atoms with Crippen molar-refractivity contribution in [1.29, 1.82) is 0 Å². The molecule has 0 aromatic heterocycles. The van der Waals surface area contributed by atoms with Crippen molar-refractivity contribution < 1.29 is 4.79 Å². The Balaban J connectivity index is 2.02. The maximum absolute atomic E-state index is 12.7. The van der Waals surface area contributed by atoms with E-state index in [2.05, 4.69) is 12.2 Å². The van der Waals surface area contributed by atoms with Crippen molar-refractivity contribution in [2.24, 2.45) is 5.92 Å². The minimum absolute atomic E-state index is 0.102. The van der Waals surface area contributed by atoms with E-state index in [4.69, 9.17) is 5.73 Å². The average Bonchev–Trinajstić information content (AvgIpc) is 2.48. The molecule has 1 amide bonds. The van der Waals surface area contributed by atoms with Crippen LogP contribution < -0.4 is 11.1 Å². The van der Waals surface area contributed by atoms with Crippen LogP contribution in [-0.2, 0) is 10.2 Å². The highest BCUT2D eigenvalue weighted by Crippen LogP contribution is 2.28. The number of amides is 1. The molecule has 0 radical (unpaired) electrons. The maximum atomic E-state index is 12.7. The molecular formula is C18H28N2O. The molecule has 116 valence electrons.